The van der Waals surface area contributed by atoms with Gasteiger partial charge in [0.2, 0.25) is 0 Å². The van der Waals surface area contributed by atoms with Gasteiger partial charge in [0.25, 0.3) is 0 Å². The first kappa shape index (κ1) is 20.4. The molecule has 0 saturated heterocycles. The second-order valence-electron chi connectivity index (χ2n) is 17.2. The van der Waals surface area contributed by atoms with Gasteiger partial charge in [-0.25, -0.2) is 15.0 Å². The third kappa shape index (κ3) is 6.00. The molecule has 4 aromatic heterocycles. The average Bonchev–Trinajstić information content (AvgIpc) is 1.34. The molecule has 1 atom stereocenters. The fraction of sp³-hybridized carbons (Fsp3) is 0. The first-order chi connectivity index (χ1) is 52.7. The summed E-state index contributed by atoms with van der Waals surface area (Å²) in [5.74, 6) is -2.23. The maximum Gasteiger partial charge on any atom is 0.184 e. The molecule has 0 aliphatic carbocycles. The van der Waals surface area contributed by atoms with Crippen molar-refractivity contribution in [2.24, 2.45) is 0 Å². The zero-order chi connectivity index (χ0) is 81.2. The highest BCUT2D eigenvalue weighted by Gasteiger charge is 2.48. The van der Waals surface area contributed by atoms with E-state index in [0.717, 1.165) is 13.7 Å². The van der Waals surface area contributed by atoms with E-state index in [2.05, 4.69) is 0 Å². The summed E-state index contributed by atoms with van der Waals surface area (Å²) in [5.41, 5.74) is -5.92. The summed E-state index contributed by atoms with van der Waals surface area (Å²) >= 11 is 0. The Bertz CT molecular complexity index is 6640. The Morgan fingerprint density at radius 1 is 0.316 bits per heavy atom. The molecule has 354 valence electrons. The van der Waals surface area contributed by atoms with Crippen molar-refractivity contribution in [3.63, 3.8) is 0 Å². The first-order valence-electron chi connectivity index (χ1n) is 41.0. The van der Waals surface area contributed by atoms with Gasteiger partial charge in [-0.15, -0.1) is 0 Å². The summed E-state index contributed by atoms with van der Waals surface area (Å²) < 4.78 is 344. The average molecular weight is 1020 g/mol. The van der Waals surface area contributed by atoms with Crippen molar-refractivity contribution in [3.8, 4) is 51.2 Å². The Labute approximate surface area is 489 Å². The van der Waals surface area contributed by atoms with E-state index in [1.54, 1.807) is 0 Å². The molecule has 0 saturated carbocycles. The van der Waals surface area contributed by atoms with E-state index in [1.165, 1.54) is 48.5 Å². The Morgan fingerprint density at radius 3 is 1.29 bits per heavy atom. The van der Waals surface area contributed by atoms with Gasteiger partial charge in [0.05, 0.1) is 93.8 Å². The molecule has 0 N–H and O–H groups in total. The van der Waals surface area contributed by atoms with Crippen LogP contribution in [0.4, 0.5) is 0 Å². The Hall–Kier alpha value is -9.95. The van der Waals surface area contributed by atoms with E-state index in [1.807, 2.05) is 0 Å². The van der Waals surface area contributed by atoms with Crippen molar-refractivity contribution >= 4 is 94.2 Å². The van der Waals surface area contributed by atoms with Crippen LogP contribution < -0.4 is 20.7 Å². The molecule has 0 radical (unpaired) electrons. The number of para-hydroxylation sites is 9. The Balaban J connectivity index is 1.14. The first-order valence-corrected chi connectivity index (χ1v) is 25.0. The van der Waals surface area contributed by atoms with Gasteiger partial charge in [0.1, 0.15) is 0 Å². The summed E-state index contributed by atoms with van der Waals surface area (Å²) in [6.07, 6.45) is 0. The molecule has 15 aromatic rings. The molecule has 0 bridgehead atoms. The zero-order valence-corrected chi connectivity index (χ0v) is 39.3. The monoisotopic (exact) mass is 1020 g/mol. The molecular weight excluding hydrogens is 941 g/mol. The van der Waals surface area contributed by atoms with Crippen LogP contribution in [0.1, 0.15) is 49.3 Å². The van der Waals surface area contributed by atoms with E-state index in [4.69, 9.17) is 30.0 Å². The van der Waals surface area contributed by atoms with Crippen LogP contribution in [-0.2, 0) is 0 Å². The highest BCUT2D eigenvalue weighted by Crippen LogP contribution is 2.40. The Kier molecular flexibility index (Phi) is 4.44. The van der Waals surface area contributed by atoms with Crippen molar-refractivity contribution < 1.29 is 49.3 Å². The van der Waals surface area contributed by atoms with Crippen LogP contribution in [0.5, 0.6) is 0 Å². The fourth-order valence-electron chi connectivity index (χ4n) is 10.4. The van der Waals surface area contributed by atoms with Crippen LogP contribution in [0, 0.1) is 0 Å². The highest BCUT2D eigenvalue weighted by molar-refractivity contribution is 7.21. The minimum absolute atomic E-state index is 0.252. The smallest absolute Gasteiger partial charge is 0.184 e. The van der Waals surface area contributed by atoms with Crippen LogP contribution in [0.3, 0.4) is 0 Å². The topological polar surface area (TPSA) is 53.5 Å². The standard InChI is InChI=1S/C69H44N6Si/c1-2-23-46(24-3-1)76(64-42-19-18-41-63(64)75-60-38-15-8-30-52(60)53-33-21-43-65(76)66(53)75)47-25-20-22-45(44-47)67-70-68(54-31-9-16-39-61(54)73-56-34-11-4-26-48(56)49-27-5-12-35-57(49)73)72-69(71-67)55-32-10-17-40-62(55)74-58-36-13-6-28-50(58)51-29-7-14-37-59(51)74/h1-44H/i1D,2D,3D,4D,5D,6D,7D,8D,11D,12D,13D,14D,15D,18D,19D,20D,21D,22D,23D,24D,25D,26D,27D,28D,29D,30D,33D,34D,35D,36D,37D,38D,41D,42D,43D,44D. The largest absolute Gasteiger partial charge is 0.309 e. The molecule has 1 aliphatic heterocycles. The fourth-order valence-corrected chi connectivity index (χ4v) is 14.6. The molecule has 0 amide bonds. The Morgan fingerprint density at radius 2 is 0.724 bits per heavy atom. The molecular formula is C69H44N6Si. The van der Waals surface area contributed by atoms with Gasteiger partial charge in [-0.05, 0) is 81.3 Å². The molecule has 5 heterocycles. The van der Waals surface area contributed by atoms with E-state index in [0.29, 0.717) is 0 Å². The third-order valence-corrected chi connectivity index (χ3v) is 17.6. The normalized spacial score (nSPS) is 20.7. The zero-order valence-electron chi connectivity index (χ0n) is 74.3. The maximum atomic E-state index is 11.1. The number of benzene rings is 11. The van der Waals surface area contributed by atoms with Gasteiger partial charge >= 0.3 is 0 Å². The molecule has 1 unspecified atom stereocenters. The molecule has 0 fully saturated rings. The summed E-state index contributed by atoms with van der Waals surface area (Å²) in [6, 6.07) is -23.9. The summed E-state index contributed by atoms with van der Waals surface area (Å²) in [5, 5.41) is -6.61. The van der Waals surface area contributed by atoms with Gasteiger partial charge in [0, 0.05) is 54.7 Å². The molecule has 7 heteroatoms. The molecule has 16 rings (SSSR count). The lowest BCUT2D eigenvalue weighted by molar-refractivity contribution is 1.06. The minimum atomic E-state index is -6.41. The number of fused-ring (bicyclic) bond motifs is 11. The number of hydrogen-bond acceptors (Lipinski definition) is 3. The van der Waals surface area contributed by atoms with Gasteiger partial charge in [0.15, 0.2) is 25.5 Å². The number of aromatic nitrogens is 6. The van der Waals surface area contributed by atoms with Crippen LogP contribution in [0.2, 0.25) is 0 Å². The highest BCUT2D eigenvalue weighted by atomic mass is 28.3. The van der Waals surface area contributed by atoms with Crippen molar-refractivity contribution in [1.82, 2.24) is 28.7 Å². The number of nitrogens with zero attached hydrogens (tertiary/aromatic N) is 6. The molecule has 1 aliphatic rings. The number of rotatable bonds is 7. The lowest BCUT2D eigenvalue weighted by atomic mass is 10.1. The van der Waals surface area contributed by atoms with Gasteiger partial charge in [-0.1, -0.05) is 206 Å². The van der Waals surface area contributed by atoms with Gasteiger partial charge in [-0.2, -0.15) is 0 Å². The van der Waals surface area contributed by atoms with E-state index >= 15 is 0 Å². The lowest BCUT2D eigenvalue weighted by Gasteiger charge is -2.39. The third-order valence-electron chi connectivity index (χ3n) is 13.4. The van der Waals surface area contributed by atoms with Gasteiger partial charge < -0.3 is 13.7 Å². The lowest BCUT2D eigenvalue weighted by Crippen LogP contribution is -2.76. The van der Waals surface area contributed by atoms with Crippen molar-refractivity contribution in [1.29, 1.82) is 0 Å². The SMILES string of the molecule is [2H]c1c([2H])c([2H])c([Si]2(c3c([2H])c([2H])c([2H])c(-c4nc(-c5ccccc5-n5c6c([2H])c([2H])c([2H])c([2H])c6c6c([2H])c([2H])c([2H])c([2H])c65)nc(-c5ccccc5-n5c6c([2H])c([2H])c([2H])c([2H])c6c6c([2H])c([2H])c([2H])c([2H])c65)n4)c3[2H])c3c([2H])c([2H])c([2H])c([2H])c3-n3c4c([2H])c([2H])c([2H])c([2H])c4c4c([2H])c([2H])c([2H])c2c43)c([2H])c1[2H]. The van der Waals surface area contributed by atoms with Crippen LogP contribution in [0.15, 0.2) is 266 Å². The quantitative estimate of drug-likeness (QED) is 0.150. The van der Waals surface area contributed by atoms with Crippen LogP contribution in [-0.4, -0.2) is 36.7 Å². The summed E-state index contributed by atoms with van der Waals surface area (Å²) in [6.45, 7) is 0. The van der Waals surface area contributed by atoms with Gasteiger partial charge in [-0.3, -0.25) is 0 Å². The van der Waals surface area contributed by atoms with Crippen molar-refractivity contribution in [2.75, 3.05) is 0 Å². The predicted octanol–water partition coefficient (Wildman–Crippen LogP) is 13.9. The summed E-state index contributed by atoms with van der Waals surface area (Å²) in [4.78, 5) is 14.9. The molecule has 0 spiro atoms. The van der Waals surface area contributed by atoms with E-state index in [9.17, 15) is 34.3 Å². The van der Waals surface area contributed by atoms with E-state index in [-0.39, 0.29) is 22.5 Å². The van der Waals surface area contributed by atoms with Crippen LogP contribution >= 0.6 is 0 Å². The maximum absolute atomic E-state index is 11.1. The second kappa shape index (κ2) is 16.5. The van der Waals surface area contributed by atoms with E-state index < -0.39 is 340 Å². The second-order valence-corrected chi connectivity index (χ2v) is 20.7. The number of hydrogen-bond donors (Lipinski definition) is 0. The molecule has 11 aromatic carbocycles. The molecule has 76 heavy (non-hydrogen) atoms. The summed E-state index contributed by atoms with van der Waals surface area (Å²) in [7, 11) is -6.41. The van der Waals surface area contributed by atoms with Crippen LogP contribution in [0.25, 0.3) is 117 Å². The van der Waals surface area contributed by atoms with Crippen molar-refractivity contribution in [3.05, 3.63) is 266 Å². The minimum Gasteiger partial charge on any atom is -0.309 e. The predicted molar refractivity (Wildman–Crippen MR) is 316 cm³/mol. The molecule has 6 nitrogen and oxygen atoms in total. The van der Waals surface area contributed by atoms with Crippen molar-refractivity contribution in [2.45, 2.75) is 0 Å².